The number of methoxy groups -OCH3 is 1. The van der Waals surface area contributed by atoms with Crippen molar-refractivity contribution in [2.75, 3.05) is 30.9 Å². The molecule has 1 aliphatic rings. The summed E-state index contributed by atoms with van der Waals surface area (Å²) in [7, 11) is 1.59. The molecule has 288 valence electrons. The lowest BCUT2D eigenvalue weighted by atomic mass is 10.0. The fourth-order valence-electron chi connectivity index (χ4n) is 5.42. The van der Waals surface area contributed by atoms with Crippen LogP contribution in [-0.2, 0) is 0 Å². The molecule has 6 rings (SSSR count). The third-order valence-corrected chi connectivity index (χ3v) is 9.45. The Morgan fingerprint density at radius 1 is 0.714 bits per heavy atom. The number of halogens is 5. The number of carbonyl (C=O) groups is 4. The number of rotatable bonds is 10. The summed E-state index contributed by atoms with van der Waals surface area (Å²) >= 11 is 28.4. The van der Waals surface area contributed by atoms with E-state index >= 15 is 0 Å². The minimum absolute atomic E-state index is 0.234. The number of nitrogens with one attached hydrogen (secondary N) is 2. The van der Waals surface area contributed by atoms with E-state index in [1.165, 1.54) is 29.3 Å². The summed E-state index contributed by atoms with van der Waals surface area (Å²) in [5, 5.41) is 12.5. The molecule has 0 radical (unpaired) electrons. The molecule has 15 heteroatoms. The van der Waals surface area contributed by atoms with E-state index in [1.54, 1.807) is 67.8 Å². The van der Waals surface area contributed by atoms with Crippen LogP contribution in [0.4, 0.5) is 11.4 Å². The van der Waals surface area contributed by atoms with E-state index in [9.17, 15) is 19.2 Å². The lowest BCUT2D eigenvalue weighted by Crippen LogP contribution is -2.32. The van der Waals surface area contributed by atoms with Gasteiger partial charge in [-0.15, -0.1) is 0 Å². The molecule has 0 fully saturated rings. The number of hydrazone groups is 1. The summed E-state index contributed by atoms with van der Waals surface area (Å²) in [5.41, 5.74) is 3.89. The van der Waals surface area contributed by atoms with Gasteiger partial charge in [-0.25, -0.2) is 5.01 Å². The predicted octanol–water partition coefficient (Wildman–Crippen LogP) is 10.9. The van der Waals surface area contributed by atoms with Crippen molar-refractivity contribution in [2.24, 2.45) is 5.10 Å². The smallest absolute Gasteiger partial charge is 0.274 e. The number of anilines is 2. The van der Waals surface area contributed by atoms with Gasteiger partial charge in [-0.2, -0.15) is 5.10 Å². The Labute approximate surface area is 348 Å². The SMILES string of the molecule is CCOc1cc(C2=NN(C(=O)c3cccc(NC(=O)c4ccc(NC(=O)c5ccc(Cl)cc5Cl)cc4)c3)CCC2)ccc1OC.O=C(Cl)c1ccc(Cl)cc1Cl. The second-order valence-electron chi connectivity index (χ2n) is 12.0. The average Bonchev–Trinajstić information content (AvgIpc) is 3.18. The maximum absolute atomic E-state index is 13.4. The lowest BCUT2D eigenvalue weighted by molar-refractivity contribution is 0.0751. The average molecular weight is 855 g/mol. The maximum Gasteiger partial charge on any atom is 0.274 e. The van der Waals surface area contributed by atoms with Gasteiger partial charge in [0.2, 0.25) is 0 Å². The van der Waals surface area contributed by atoms with Gasteiger partial charge in [-0.3, -0.25) is 19.2 Å². The van der Waals surface area contributed by atoms with Gasteiger partial charge in [-0.05, 0) is 128 Å². The van der Waals surface area contributed by atoms with E-state index in [2.05, 4.69) is 15.7 Å². The lowest BCUT2D eigenvalue weighted by Gasteiger charge is -2.24. The highest BCUT2D eigenvalue weighted by Crippen LogP contribution is 2.30. The number of hydrogen-bond acceptors (Lipinski definition) is 7. The van der Waals surface area contributed by atoms with Gasteiger partial charge in [0.15, 0.2) is 11.5 Å². The molecule has 0 saturated carbocycles. The van der Waals surface area contributed by atoms with Crippen molar-refractivity contribution in [1.29, 1.82) is 0 Å². The van der Waals surface area contributed by atoms with Crippen LogP contribution in [0.3, 0.4) is 0 Å². The van der Waals surface area contributed by atoms with Crippen molar-refractivity contribution in [3.05, 3.63) is 151 Å². The van der Waals surface area contributed by atoms with Crippen molar-refractivity contribution in [3.63, 3.8) is 0 Å². The molecule has 5 aromatic rings. The number of carbonyl (C=O) groups excluding carboxylic acids is 4. The van der Waals surface area contributed by atoms with E-state index < -0.39 is 11.1 Å². The van der Waals surface area contributed by atoms with E-state index in [0.29, 0.717) is 57.2 Å². The first-order valence-corrected chi connectivity index (χ1v) is 18.9. The Hall–Kier alpha value is -5.10. The van der Waals surface area contributed by atoms with Crippen LogP contribution in [-0.4, -0.2) is 53.9 Å². The maximum atomic E-state index is 13.4. The summed E-state index contributed by atoms with van der Waals surface area (Å²) in [6.45, 7) is 2.87. The normalized spacial score (nSPS) is 12.1. The van der Waals surface area contributed by atoms with Gasteiger partial charge >= 0.3 is 0 Å². The largest absolute Gasteiger partial charge is 0.493 e. The number of nitrogens with zero attached hydrogens (tertiary/aromatic N) is 2. The van der Waals surface area contributed by atoms with Gasteiger partial charge in [0, 0.05) is 44.7 Å². The van der Waals surface area contributed by atoms with Crippen molar-refractivity contribution >= 4 is 98.1 Å². The molecule has 0 spiro atoms. The highest BCUT2D eigenvalue weighted by molar-refractivity contribution is 6.68. The Balaban J connectivity index is 0.000000470. The first-order chi connectivity index (χ1) is 26.9. The Kier molecular flexibility index (Phi) is 14.8. The van der Waals surface area contributed by atoms with Gasteiger partial charge in [-0.1, -0.05) is 52.5 Å². The monoisotopic (exact) mass is 852 g/mol. The second-order valence-corrected chi connectivity index (χ2v) is 14.0. The third kappa shape index (κ3) is 11.0. The molecule has 0 aromatic heterocycles. The van der Waals surface area contributed by atoms with Gasteiger partial charge in [0.25, 0.3) is 23.0 Å². The standard InChI is InChI=1S/C34H30Cl2N4O5.C7H3Cl3O/c1-3-45-31-19-22(11-16-30(31)44-2)29-8-5-17-40(39-29)34(43)23-6-4-7-26(18-23)38-32(41)21-9-13-25(14-10-21)37-33(42)27-15-12-24(35)20-28(27)36;8-4-1-2-5(7(10)11)6(9)3-4/h4,6-7,9-16,18-20H,3,5,8,17H2,1-2H3,(H,37,42)(H,38,41);1-3H. The summed E-state index contributed by atoms with van der Waals surface area (Å²) in [4.78, 5) is 49.6. The van der Waals surface area contributed by atoms with E-state index in [-0.39, 0.29) is 33.0 Å². The van der Waals surface area contributed by atoms with Crippen LogP contribution in [0, 0.1) is 0 Å². The van der Waals surface area contributed by atoms with Gasteiger partial charge < -0.3 is 20.1 Å². The number of hydrogen-bond donors (Lipinski definition) is 2. The molecule has 0 aliphatic carbocycles. The molecule has 10 nitrogen and oxygen atoms in total. The minimum Gasteiger partial charge on any atom is -0.493 e. The second kappa shape index (κ2) is 19.7. The summed E-state index contributed by atoms with van der Waals surface area (Å²) < 4.78 is 11.1. The molecular formula is C41H33Cl5N4O6. The molecule has 0 unspecified atom stereocenters. The Bertz CT molecular complexity index is 2300. The van der Waals surface area contributed by atoms with Crippen LogP contribution in [0.2, 0.25) is 20.1 Å². The number of amides is 3. The van der Waals surface area contributed by atoms with Crippen molar-refractivity contribution in [3.8, 4) is 11.5 Å². The first kappa shape index (κ1) is 42.1. The van der Waals surface area contributed by atoms with E-state index in [1.807, 2.05) is 25.1 Å². The third-order valence-electron chi connectivity index (χ3n) is 8.15. The van der Waals surface area contributed by atoms with Crippen molar-refractivity contribution in [1.82, 2.24) is 5.01 Å². The van der Waals surface area contributed by atoms with Gasteiger partial charge in [0.1, 0.15) is 0 Å². The highest BCUT2D eigenvalue weighted by Gasteiger charge is 2.22. The molecule has 1 aliphatic heterocycles. The number of ether oxygens (including phenoxy) is 2. The zero-order valence-electron chi connectivity index (χ0n) is 29.9. The summed E-state index contributed by atoms with van der Waals surface area (Å²) in [6.07, 6.45) is 1.47. The van der Waals surface area contributed by atoms with Crippen LogP contribution in [0.15, 0.2) is 108 Å². The van der Waals surface area contributed by atoms with Crippen LogP contribution in [0.1, 0.15) is 66.8 Å². The molecule has 0 bridgehead atoms. The minimum atomic E-state index is -0.577. The zero-order chi connectivity index (χ0) is 40.4. The fourth-order valence-corrected chi connectivity index (χ4v) is 6.63. The molecule has 0 saturated heterocycles. The first-order valence-electron chi connectivity index (χ1n) is 17.0. The predicted molar refractivity (Wildman–Crippen MR) is 223 cm³/mol. The van der Waals surface area contributed by atoms with Crippen LogP contribution >= 0.6 is 58.0 Å². The molecule has 3 amide bonds. The van der Waals surface area contributed by atoms with Crippen molar-refractivity contribution < 1.29 is 28.7 Å². The molecule has 56 heavy (non-hydrogen) atoms. The van der Waals surface area contributed by atoms with Crippen molar-refractivity contribution in [2.45, 2.75) is 19.8 Å². The summed E-state index contributed by atoms with van der Waals surface area (Å²) in [6, 6.07) is 27.9. The Morgan fingerprint density at radius 3 is 2.00 bits per heavy atom. The van der Waals surface area contributed by atoms with Crippen LogP contribution in [0.25, 0.3) is 0 Å². The highest BCUT2D eigenvalue weighted by atomic mass is 35.5. The van der Waals surface area contributed by atoms with E-state index in [0.717, 1.165) is 24.1 Å². The molecule has 5 aromatic carbocycles. The topological polar surface area (TPSA) is 126 Å². The number of benzene rings is 5. The van der Waals surface area contributed by atoms with Gasteiger partial charge in [0.05, 0.1) is 40.6 Å². The molecular weight excluding hydrogens is 822 g/mol. The van der Waals surface area contributed by atoms with E-state index in [4.69, 9.17) is 67.5 Å². The molecule has 1 heterocycles. The fraction of sp³-hybridized carbons (Fsp3) is 0.146. The Morgan fingerprint density at radius 2 is 1.38 bits per heavy atom. The summed E-state index contributed by atoms with van der Waals surface area (Å²) in [5.74, 6) is 0.198. The quantitative estimate of drug-likeness (QED) is 0.135. The molecule has 2 N–H and O–H groups in total. The molecule has 0 atom stereocenters. The van der Waals surface area contributed by atoms with Crippen LogP contribution in [0.5, 0.6) is 11.5 Å². The van der Waals surface area contributed by atoms with Crippen LogP contribution < -0.4 is 20.1 Å². The zero-order valence-corrected chi connectivity index (χ0v) is 33.7.